The molecule has 4 aromatic rings. The largest absolute Gasteiger partial charge is 0.482 e. The fraction of sp³-hybridized carbons (Fsp3) is 0.477. The summed E-state index contributed by atoms with van der Waals surface area (Å²) in [5.41, 5.74) is 7.41. The summed E-state index contributed by atoms with van der Waals surface area (Å²) < 4.78 is 40.7. The van der Waals surface area contributed by atoms with Crippen LogP contribution in [0.25, 0.3) is 11.0 Å². The number of hydrogen-bond acceptors (Lipinski definition) is 19. The molecule has 0 aliphatic carbocycles. The van der Waals surface area contributed by atoms with Gasteiger partial charge in [0.15, 0.2) is 12.8 Å². The number of carbonyl (C=O) groups is 5. The zero-order chi connectivity index (χ0) is 48.2. The quantitative estimate of drug-likeness (QED) is 0.0325. The number of piperidine rings is 1. The van der Waals surface area contributed by atoms with Crippen molar-refractivity contribution in [2.75, 3.05) is 96.8 Å². The molecule has 5 amide bonds. The number of halogens is 1. The summed E-state index contributed by atoms with van der Waals surface area (Å²) in [6, 6.07) is 9.90. The smallest absolute Gasteiger partial charge is 0.264 e. The molecular weight excluding hydrogens is 916 g/mol. The predicted octanol–water partition coefficient (Wildman–Crippen LogP) is 0.111. The number of anilines is 2. The molecule has 2 fully saturated rings. The van der Waals surface area contributed by atoms with Crippen LogP contribution in [0.4, 0.5) is 11.5 Å². The van der Waals surface area contributed by atoms with Crippen molar-refractivity contribution in [1.29, 1.82) is 0 Å². The second-order valence-corrected chi connectivity index (χ2v) is 16.0. The molecule has 0 spiro atoms. The van der Waals surface area contributed by atoms with E-state index in [2.05, 4.69) is 25.9 Å². The third-order valence-corrected chi connectivity index (χ3v) is 11.5. The summed E-state index contributed by atoms with van der Waals surface area (Å²) in [7, 11) is 0. The van der Waals surface area contributed by atoms with Crippen molar-refractivity contribution in [2.45, 2.75) is 49.5 Å². The van der Waals surface area contributed by atoms with Crippen molar-refractivity contribution in [2.24, 2.45) is 0 Å². The van der Waals surface area contributed by atoms with E-state index in [4.69, 9.17) is 50.5 Å². The number of rotatable bonds is 26. The molecule has 0 radical (unpaired) electrons. The fourth-order valence-electron chi connectivity index (χ4n) is 7.74. The Morgan fingerprint density at radius 2 is 1.56 bits per heavy atom. The van der Waals surface area contributed by atoms with Gasteiger partial charge in [0.1, 0.15) is 54.0 Å². The number of aromatic nitrogens is 3. The van der Waals surface area contributed by atoms with Gasteiger partial charge in [-0.05, 0) is 42.3 Å². The predicted molar refractivity (Wildman–Crippen MR) is 238 cm³/mol. The molecule has 0 bridgehead atoms. The van der Waals surface area contributed by atoms with Gasteiger partial charge in [-0.15, -0.1) is 0 Å². The van der Waals surface area contributed by atoms with E-state index in [0.717, 1.165) is 4.90 Å². The van der Waals surface area contributed by atoms with E-state index >= 15 is 0 Å². The van der Waals surface area contributed by atoms with E-state index in [-0.39, 0.29) is 65.9 Å². The topological polar surface area (TPSA) is 307 Å². The molecule has 2 saturated heterocycles. The van der Waals surface area contributed by atoms with Crippen LogP contribution in [0.15, 0.2) is 55.0 Å². The second kappa shape index (κ2) is 23.9. The first-order valence-corrected chi connectivity index (χ1v) is 22.2. The Labute approximate surface area is 394 Å². The summed E-state index contributed by atoms with van der Waals surface area (Å²) in [5.74, 6) is -2.34. The summed E-state index contributed by atoms with van der Waals surface area (Å²) in [4.78, 5) is 71.6. The van der Waals surface area contributed by atoms with Crippen LogP contribution in [-0.4, -0.2) is 174 Å². The normalized spacial score (nSPS) is 20.8. The monoisotopic (exact) mass is 968 g/mol. The highest BCUT2D eigenvalue weighted by atomic mass is 35.5. The van der Waals surface area contributed by atoms with Crippen LogP contribution in [0.5, 0.6) is 5.75 Å². The number of carbonyl (C=O) groups excluding carboxylic acids is 5. The van der Waals surface area contributed by atoms with Gasteiger partial charge in [-0.1, -0.05) is 23.7 Å². The average molecular weight is 969 g/mol. The molecule has 6 atom stereocenters. The molecule has 1 unspecified atom stereocenters. The molecule has 5 heterocycles. The highest BCUT2D eigenvalue weighted by Gasteiger charge is 2.48. The maximum atomic E-state index is 13.2. The number of amides is 5. The van der Waals surface area contributed by atoms with Crippen molar-refractivity contribution in [3.8, 4) is 5.75 Å². The first kappa shape index (κ1) is 50.0. The maximum Gasteiger partial charge on any atom is 0.264 e. The van der Waals surface area contributed by atoms with E-state index in [1.165, 1.54) is 35.2 Å². The van der Waals surface area contributed by atoms with Gasteiger partial charge in [0.05, 0.1) is 87.6 Å². The zero-order valence-corrected chi connectivity index (χ0v) is 37.5. The van der Waals surface area contributed by atoms with E-state index in [0.29, 0.717) is 82.7 Å². The molecule has 0 saturated carbocycles. The lowest BCUT2D eigenvalue weighted by molar-refractivity contribution is -0.136. The Morgan fingerprint density at radius 3 is 2.25 bits per heavy atom. The second-order valence-electron chi connectivity index (χ2n) is 15.6. The van der Waals surface area contributed by atoms with Gasteiger partial charge in [0.25, 0.3) is 17.7 Å². The van der Waals surface area contributed by atoms with Gasteiger partial charge >= 0.3 is 0 Å². The van der Waals surface area contributed by atoms with Crippen molar-refractivity contribution in [3.63, 3.8) is 0 Å². The van der Waals surface area contributed by atoms with Crippen molar-refractivity contribution in [3.05, 3.63) is 76.7 Å². The van der Waals surface area contributed by atoms with E-state index in [1.54, 1.807) is 24.4 Å². The molecule has 3 aliphatic rings. The Hall–Kier alpha value is -5.86. The molecule has 366 valence electrons. The van der Waals surface area contributed by atoms with Crippen LogP contribution >= 0.6 is 11.6 Å². The van der Waals surface area contributed by atoms with Gasteiger partial charge in [-0.25, -0.2) is 9.97 Å². The number of benzene rings is 2. The van der Waals surface area contributed by atoms with E-state index in [9.17, 15) is 39.3 Å². The highest BCUT2D eigenvalue weighted by Crippen LogP contribution is 2.39. The number of nitrogens with two attached hydrogens (primary N) is 1. The Kier molecular flexibility index (Phi) is 17.6. The van der Waals surface area contributed by atoms with Gasteiger partial charge in [-0.2, -0.15) is 0 Å². The van der Waals surface area contributed by atoms with Crippen molar-refractivity contribution < 1.29 is 72.5 Å². The van der Waals surface area contributed by atoms with Crippen LogP contribution in [0.1, 0.15) is 51.5 Å². The van der Waals surface area contributed by atoms with Crippen LogP contribution in [-0.2, 0) is 42.8 Å². The maximum absolute atomic E-state index is 13.2. The molecule has 68 heavy (non-hydrogen) atoms. The summed E-state index contributed by atoms with van der Waals surface area (Å²) in [6.45, 7) is 3.42. The number of fused-ring (bicyclic) bond motifs is 2. The van der Waals surface area contributed by atoms with E-state index in [1.807, 2.05) is 0 Å². The fourth-order valence-corrected chi connectivity index (χ4v) is 7.91. The SMILES string of the molecule is Nc1ncnc2c1ccn2[C@@H]1O[C@H]([C@H](O)c2ccc(Cl)c(OCC(=O)NCCOCCOCCOCCOCCOCCNc3cccc4c3C(=O)N(C3CCC(=O)NC3=O)C4=O)c2)[C@@H](O)[C@H]1O. The number of aliphatic hydroxyl groups excluding tert-OH is 3. The Morgan fingerprint density at radius 1 is 0.882 bits per heavy atom. The van der Waals surface area contributed by atoms with Crippen molar-refractivity contribution in [1.82, 2.24) is 30.1 Å². The number of nitrogens with one attached hydrogen (secondary N) is 3. The zero-order valence-electron chi connectivity index (χ0n) is 36.8. The number of nitrogen functional groups attached to an aromatic ring is 1. The molecule has 3 aliphatic heterocycles. The lowest BCUT2D eigenvalue weighted by Crippen LogP contribution is -2.54. The molecule has 7 rings (SSSR count). The Bertz CT molecular complexity index is 2430. The van der Waals surface area contributed by atoms with Crippen LogP contribution in [0.2, 0.25) is 5.02 Å². The van der Waals surface area contributed by atoms with Crippen LogP contribution in [0.3, 0.4) is 0 Å². The molecule has 2 aromatic heterocycles. The minimum Gasteiger partial charge on any atom is -0.482 e. The third-order valence-electron chi connectivity index (χ3n) is 11.1. The minimum atomic E-state index is -1.47. The summed E-state index contributed by atoms with van der Waals surface area (Å²) >= 11 is 6.30. The number of ether oxygens (including phenoxy) is 7. The molecule has 24 heteroatoms. The third kappa shape index (κ3) is 12.0. The molecule has 8 N–H and O–H groups in total. The Balaban J connectivity index is 0.672. The lowest BCUT2D eigenvalue weighted by Gasteiger charge is -2.27. The molecular formula is C44H53ClN8O15. The highest BCUT2D eigenvalue weighted by molar-refractivity contribution is 6.32. The van der Waals surface area contributed by atoms with Gasteiger partial charge < -0.3 is 69.4 Å². The van der Waals surface area contributed by atoms with Crippen molar-refractivity contribution >= 4 is 63.7 Å². The molecule has 2 aromatic carbocycles. The number of imide groups is 2. The minimum absolute atomic E-state index is 0.0452. The number of hydrogen-bond donors (Lipinski definition) is 7. The van der Waals surface area contributed by atoms with E-state index < -0.39 is 66.2 Å². The number of aliphatic hydroxyl groups is 3. The van der Waals surface area contributed by atoms with Crippen LogP contribution < -0.4 is 26.4 Å². The van der Waals surface area contributed by atoms with Crippen LogP contribution in [0, 0.1) is 0 Å². The first-order valence-electron chi connectivity index (χ1n) is 21.9. The standard InChI is InChI=1S/C44H53ClN8O15/c45-28-5-4-25(35(56)38-36(57)37(58)44(68-38)52-11-8-27-39(46)49-24-50-40(27)52)22-31(28)67-23-33(55)48-10-13-63-15-17-65-19-21-66-20-18-64-16-14-62-12-9-47-29-3-1-2-26-34(29)43(61)53(42(26)60)30-6-7-32(54)51-41(30)59/h1-5,8,11,22,24,30,35-38,44,47,56-58H,6-7,9-10,12-21,23H2,(H,48,55)(H2,46,49,50)(H,51,54,59)/t30?,35-,36+,37-,38-,44-/m1/s1. The first-order chi connectivity index (χ1) is 32.9. The lowest BCUT2D eigenvalue weighted by atomic mass is 9.99. The van der Waals surface area contributed by atoms with Gasteiger partial charge in [-0.3, -0.25) is 34.2 Å². The average Bonchev–Trinajstić information content (AvgIpc) is 3.97. The number of nitrogens with zero attached hydrogens (tertiary/aromatic N) is 4. The van der Waals surface area contributed by atoms with Gasteiger partial charge in [0.2, 0.25) is 11.8 Å². The summed E-state index contributed by atoms with van der Waals surface area (Å²) in [6.07, 6.45) is -3.61. The van der Waals surface area contributed by atoms with Gasteiger partial charge in [0, 0.05) is 31.4 Å². The molecule has 23 nitrogen and oxygen atoms in total. The summed E-state index contributed by atoms with van der Waals surface area (Å²) in [5, 5.41) is 41.6.